The number of morpholine rings is 1. The second-order valence-electron chi connectivity index (χ2n) is 6.77. The van der Waals surface area contributed by atoms with E-state index in [0.29, 0.717) is 18.9 Å². The largest absolute Gasteiger partial charge is 0.444 e. The molecule has 2 atom stereocenters. The maximum Gasteiger partial charge on any atom is 0.410 e. The van der Waals surface area contributed by atoms with Gasteiger partial charge in [-0.3, -0.25) is 14.7 Å². The van der Waals surface area contributed by atoms with Gasteiger partial charge in [0.15, 0.2) is 5.78 Å². The van der Waals surface area contributed by atoms with Crippen LogP contribution >= 0.6 is 0 Å². The Labute approximate surface area is 136 Å². The van der Waals surface area contributed by atoms with Crippen LogP contribution in [-0.4, -0.2) is 52.7 Å². The number of nitrogens with zero attached hydrogens (tertiary/aromatic N) is 2. The zero-order chi connectivity index (χ0) is 17.0. The van der Waals surface area contributed by atoms with Crippen molar-refractivity contribution in [1.29, 1.82) is 0 Å². The van der Waals surface area contributed by atoms with Crippen LogP contribution in [0.25, 0.3) is 0 Å². The Morgan fingerprint density at radius 2 is 2.09 bits per heavy atom. The van der Waals surface area contributed by atoms with Crippen molar-refractivity contribution in [2.45, 2.75) is 51.8 Å². The van der Waals surface area contributed by atoms with Crippen molar-refractivity contribution in [3.05, 3.63) is 30.1 Å². The van der Waals surface area contributed by atoms with Gasteiger partial charge in [-0.2, -0.15) is 0 Å². The van der Waals surface area contributed by atoms with Crippen LogP contribution in [-0.2, 0) is 9.47 Å². The summed E-state index contributed by atoms with van der Waals surface area (Å²) in [6.07, 6.45) is 1.34. The van der Waals surface area contributed by atoms with Crippen LogP contribution in [0.4, 0.5) is 4.79 Å². The van der Waals surface area contributed by atoms with E-state index in [2.05, 4.69) is 4.98 Å². The van der Waals surface area contributed by atoms with E-state index in [1.54, 1.807) is 29.3 Å². The van der Waals surface area contributed by atoms with Crippen molar-refractivity contribution in [3.63, 3.8) is 0 Å². The van der Waals surface area contributed by atoms with E-state index in [4.69, 9.17) is 9.47 Å². The number of carbonyl (C=O) groups excluding carboxylic acids is 2. The normalized spacial score (nSPS) is 21.8. The Morgan fingerprint density at radius 3 is 2.70 bits per heavy atom. The van der Waals surface area contributed by atoms with E-state index < -0.39 is 11.7 Å². The van der Waals surface area contributed by atoms with Gasteiger partial charge in [0.2, 0.25) is 0 Å². The fourth-order valence-corrected chi connectivity index (χ4v) is 2.54. The minimum Gasteiger partial charge on any atom is -0.444 e. The molecule has 1 saturated heterocycles. The third-order valence-corrected chi connectivity index (χ3v) is 3.51. The van der Waals surface area contributed by atoms with Crippen LogP contribution in [0.5, 0.6) is 0 Å². The first kappa shape index (κ1) is 17.4. The van der Waals surface area contributed by atoms with Gasteiger partial charge in [-0.15, -0.1) is 0 Å². The number of aromatic nitrogens is 1. The lowest BCUT2D eigenvalue weighted by molar-refractivity contribution is -0.0558. The average molecular weight is 320 g/mol. The summed E-state index contributed by atoms with van der Waals surface area (Å²) in [5.74, 6) is -0.109. The minimum atomic E-state index is -0.579. The summed E-state index contributed by atoms with van der Waals surface area (Å²) < 4.78 is 11.0. The first-order chi connectivity index (χ1) is 10.8. The van der Waals surface area contributed by atoms with Crippen molar-refractivity contribution in [2.75, 3.05) is 13.2 Å². The first-order valence-corrected chi connectivity index (χ1v) is 7.81. The molecule has 0 N–H and O–H groups in total. The fourth-order valence-electron chi connectivity index (χ4n) is 2.54. The molecule has 1 aromatic rings. The molecule has 0 saturated carbocycles. The van der Waals surface area contributed by atoms with E-state index in [0.717, 1.165) is 0 Å². The van der Waals surface area contributed by atoms with E-state index in [1.807, 2.05) is 27.7 Å². The molecule has 126 valence electrons. The SMILES string of the molecule is CC1COCC(CC(=O)c2ccccn2)N1C(=O)OC(C)(C)C. The van der Waals surface area contributed by atoms with Gasteiger partial charge in [-0.1, -0.05) is 6.07 Å². The van der Waals surface area contributed by atoms with Gasteiger partial charge >= 0.3 is 6.09 Å². The number of pyridine rings is 1. The number of amides is 1. The minimum absolute atomic E-state index is 0.109. The lowest BCUT2D eigenvalue weighted by atomic mass is 10.0. The Morgan fingerprint density at radius 1 is 1.35 bits per heavy atom. The molecule has 2 rings (SSSR count). The zero-order valence-electron chi connectivity index (χ0n) is 14.1. The van der Waals surface area contributed by atoms with E-state index >= 15 is 0 Å². The second kappa shape index (κ2) is 7.08. The molecule has 2 unspecified atom stereocenters. The summed E-state index contributed by atoms with van der Waals surface area (Å²) in [5, 5.41) is 0. The average Bonchev–Trinajstić information content (AvgIpc) is 2.46. The maximum atomic E-state index is 12.5. The quantitative estimate of drug-likeness (QED) is 0.801. The van der Waals surface area contributed by atoms with Gasteiger partial charge in [-0.25, -0.2) is 4.79 Å². The molecule has 6 heteroatoms. The Balaban J connectivity index is 2.11. The number of Topliss-reactive ketones (excluding diaryl/α,β-unsaturated/α-hetero) is 1. The van der Waals surface area contributed by atoms with Crippen LogP contribution < -0.4 is 0 Å². The van der Waals surface area contributed by atoms with Crippen molar-refractivity contribution >= 4 is 11.9 Å². The molecular formula is C17H24N2O4. The molecule has 6 nitrogen and oxygen atoms in total. The molecule has 2 heterocycles. The molecule has 0 spiro atoms. The Bertz CT molecular complexity index is 553. The van der Waals surface area contributed by atoms with Crippen LogP contribution in [0.3, 0.4) is 0 Å². The van der Waals surface area contributed by atoms with E-state index in [9.17, 15) is 9.59 Å². The molecule has 1 fully saturated rings. The summed E-state index contributed by atoms with van der Waals surface area (Å²) in [5.41, 5.74) is -0.181. The molecule has 1 aliphatic rings. The third kappa shape index (κ3) is 4.76. The van der Waals surface area contributed by atoms with Gasteiger partial charge < -0.3 is 9.47 Å². The van der Waals surface area contributed by atoms with Gasteiger partial charge in [0.1, 0.15) is 11.3 Å². The third-order valence-electron chi connectivity index (χ3n) is 3.51. The highest BCUT2D eigenvalue weighted by atomic mass is 16.6. The van der Waals surface area contributed by atoms with E-state index in [-0.39, 0.29) is 24.3 Å². The molecular weight excluding hydrogens is 296 g/mol. The highest BCUT2D eigenvalue weighted by Gasteiger charge is 2.36. The summed E-state index contributed by atoms with van der Waals surface area (Å²) >= 11 is 0. The van der Waals surface area contributed by atoms with Crippen molar-refractivity contribution < 1.29 is 19.1 Å². The van der Waals surface area contributed by atoms with Gasteiger partial charge in [0, 0.05) is 12.6 Å². The Hall–Kier alpha value is -1.95. The monoisotopic (exact) mass is 320 g/mol. The highest BCUT2D eigenvalue weighted by molar-refractivity contribution is 5.94. The molecule has 23 heavy (non-hydrogen) atoms. The number of hydrogen-bond acceptors (Lipinski definition) is 5. The van der Waals surface area contributed by atoms with Crippen molar-refractivity contribution in [2.24, 2.45) is 0 Å². The number of carbonyl (C=O) groups is 2. The molecule has 1 aromatic heterocycles. The summed E-state index contributed by atoms with van der Waals surface area (Å²) in [7, 11) is 0. The lowest BCUT2D eigenvalue weighted by Crippen LogP contribution is -2.55. The molecule has 0 aliphatic carbocycles. The summed E-state index contributed by atoms with van der Waals surface area (Å²) in [4.78, 5) is 30.5. The summed E-state index contributed by atoms with van der Waals surface area (Å²) in [6, 6.07) is 4.72. The number of hydrogen-bond donors (Lipinski definition) is 0. The molecule has 0 radical (unpaired) electrons. The fraction of sp³-hybridized carbons (Fsp3) is 0.588. The smallest absolute Gasteiger partial charge is 0.410 e. The van der Waals surface area contributed by atoms with Crippen LogP contribution in [0, 0.1) is 0 Å². The summed E-state index contributed by atoms with van der Waals surface area (Å²) in [6.45, 7) is 8.12. The van der Waals surface area contributed by atoms with Crippen LogP contribution in [0.15, 0.2) is 24.4 Å². The topological polar surface area (TPSA) is 68.7 Å². The maximum absolute atomic E-state index is 12.5. The first-order valence-electron chi connectivity index (χ1n) is 7.81. The number of ketones is 1. The Kier molecular flexibility index (Phi) is 5.36. The lowest BCUT2D eigenvalue weighted by Gasteiger charge is -2.40. The molecule has 0 bridgehead atoms. The number of rotatable bonds is 3. The van der Waals surface area contributed by atoms with Crippen LogP contribution in [0.1, 0.15) is 44.6 Å². The van der Waals surface area contributed by atoms with E-state index in [1.165, 1.54) is 0 Å². The predicted molar refractivity (Wildman–Crippen MR) is 85.3 cm³/mol. The van der Waals surface area contributed by atoms with Gasteiger partial charge in [0.25, 0.3) is 0 Å². The highest BCUT2D eigenvalue weighted by Crippen LogP contribution is 2.21. The van der Waals surface area contributed by atoms with Crippen LogP contribution in [0.2, 0.25) is 0 Å². The zero-order valence-corrected chi connectivity index (χ0v) is 14.1. The molecule has 1 amide bonds. The van der Waals surface area contributed by atoms with Gasteiger partial charge in [0.05, 0.1) is 25.3 Å². The standard InChI is InChI=1S/C17H24N2O4/c1-12-10-22-11-13(19(12)16(21)23-17(2,3)4)9-15(20)14-7-5-6-8-18-14/h5-8,12-13H,9-11H2,1-4H3. The van der Waals surface area contributed by atoms with Gasteiger partial charge in [-0.05, 0) is 39.8 Å². The van der Waals surface area contributed by atoms with Crippen molar-refractivity contribution in [1.82, 2.24) is 9.88 Å². The molecule has 1 aliphatic heterocycles. The van der Waals surface area contributed by atoms with Crippen molar-refractivity contribution in [3.8, 4) is 0 Å². The molecule has 0 aromatic carbocycles. The number of ether oxygens (including phenoxy) is 2. The predicted octanol–water partition coefficient (Wildman–Crippen LogP) is 2.68. The second-order valence-corrected chi connectivity index (χ2v) is 6.77.